The van der Waals surface area contributed by atoms with Crippen LogP contribution in [0.15, 0.2) is 206 Å². The number of hydrogen-bond acceptors (Lipinski definition) is 5. The average molecular weight is 847 g/mol. The van der Waals surface area contributed by atoms with E-state index in [1.54, 1.807) is 11.3 Å². The van der Waals surface area contributed by atoms with Gasteiger partial charge in [0.1, 0.15) is 6.07 Å². The summed E-state index contributed by atoms with van der Waals surface area (Å²) in [4.78, 5) is 15.5. The highest BCUT2D eigenvalue weighted by molar-refractivity contribution is 7.25. The average Bonchev–Trinajstić information content (AvgIpc) is 4.04. The lowest BCUT2D eigenvalue weighted by molar-refractivity contribution is 1.07. The Bertz CT molecular complexity index is 4080. The van der Waals surface area contributed by atoms with Gasteiger partial charge in [0.2, 0.25) is 0 Å². The summed E-state index contributed by atoms with van der Waals surface area (Å²) < 4.78 is 7.06. The molecule has 0 amide bonds. The molecule has 9 aromatic carbocycles. The van der Waals surface area contributed by atoms with Crippen molar-refractivity contribution in [1.29, 1.82) is 5.26 Å². The minimum absolute atomic E-state index is 0.490. The fourth-order valence-corrected chi connectivity index (χ4v) is 10.8. The van der Waals surface area contributed by atoms with Gasteiger partial charge in [-0.1, -0.05) is 127 Å². The molecule has 0 radical (unpaired) electrons. The van der Waals surface area contributed by atoms with Crippen molar-refractivity contribution in [3.63, 3.8) is 0 Å². The normalized spacial score (nSPS) is 11.7. The summed E-state index contributed by atoms with van der Waals surface area (Å²) in [5, 5.41) is 18.0. The molecular formula is C58H34N6S. The van der Waals surface area contributed by atoms with Crippen LogP contribution in [0, 0.1) is 11.3 Å². The van der Waals surface area contributed by atoms with Gasteiger partial charge >= 0.3 is 0 Å². The van der Waals surface area contributed by atoms with Crippen molar-refractivity contribution < 1.29 is 0 Å². The van der Waals surface area contributed by atoms with Crippen LogP contribution in [0.1, 0.15) is 5.56 Å². The Morgan fingerprint density at radius 3 is 1.74 bits per heavy atom. The van der Waals surface area contributed by atoms with Gasteiger partial charge in [-0.25, -0.2) is 15.0 Å². The fourth-order valence-electron chi connectivity index (χ4n) is 9.67. The number of fused-ring (bicyclic) bond motifs is 10. The predicted octanol–water partition coefficient (Wildman–Crippen LogP) is 15.0. The van der Waals surface area contributed by atoms with Gasteiger partial charge in [0.15, 0.2) is 17.5 Å². The summed E-state index contributed by atoms with van der Waals surface area (Å²) in [7, 11) is 0. The van der Waals surface area contributed by atoms with Gasteiger partial charge in [0, 0.05) is 64.1 Å². The van der Waals surface area contributed by atoms with Gasteiger partial charge in [-0.2, -0.15) is 5.26 Å². The molecule has 0 spiro atoms. The smallest absolute Gasteiger partial charge is 0.164 e. The number of hydrogen-bond donors (Lipinski definition) is 0. The third-order valence-corrected chi connectivity index (χ3v) is 13.8. The predicted molar refractivity (Wildman–Crippen MR) is 268 cm³/mol. The van der Waals surface area contributed by atoms with Crippen LogP contribution >= 0.6 is 11.3 Å². The number of thiophene rings is 1. The van der Waals surface area contributed by atoms with Gasteiger partial charge in [0.05, 0.1) is 33.3 Å². The maximum absolute atomic E-state index is 11.1. The molecule has 0 bridgehead atoms. The SMILES string of the molecule is N#Cc1cc(-c2nc(-c3cccc(-c4ccccc4)c3)nc(-c3ccc4sc5ccccc5c4c3)n2)ccc1-n1c2ccccc2c2ccc3c(c4ccccc4n3-c3ccccc3)c21. The van der Waals surface area contributed by atoms with E-state index in [-0.39, 0.29) is 0 Å². The van der Waals surface area contributed by atoms with Gasteiger partial charge in [-0.3, -0.25) is 0 Å². The van der Waals surface area contributed by atoms with Gasteiger partial charge < -0.3 is 9.13 Å². The zero-order chi connectivity index (χ0) is 43.0. The largest absolute Gasteiger partial charge is 0.309 e. The Morgan fingerprint density at radius 2 is 0.969 bits per heavy atom. The quantitative estimate of drug-likeness (QED) is 0.167. The molecule has 7 heteroatoms. The first-order chi connectivity index (χ1) is 32.2. The summed E-state index contributed by atoms with van der Waals surface area (Å²) in [5.74, 6) is 1.61. The second-order valence-electron chi connectivity index (χ2n) is 16.3. The molecule has 0 unspecified atom stereocenters. The Kier molecular flexibility index (Phi) is 8.35. The Morgan fingerprint density at radius 1 is 0.385 bits per heavy atom. The van der Waals surface area contributed by atoms with E-state index >= 15 is 0 Å². The summed E-state index contributed by atoms with van der Waals surface area (Å²) in [5.41, 5.74) is 11.4. The summed E-state index contributed by atoms with van der Waals surface area (Å²) >= 11 is 1.78. The van der Waals surface area contributed by atoms with Crippen LogP contribution in [-0.2, 0) is 0 Å². The lowest BCUT2D eigenvalue weighted by Crippen LogP contribution is -2.02. The maximum atomic E-state index is 11.1. The van der Waals surface area contributed by atoms with Crippen LogP contribution in [0.2, 0.25) is 0 Å². The van der Waals surface area contributed by atoms with Crippen LogP contribution in [-0.4, -0.2) is 24.1 Å². The Balaban J connectivity index is 1.03. The lowest BCUT2D eigenvalue weighted by atomic mass is 10.0. The first-order valence-electron chi connectivity index (χ1n) is 21.6. The van der Waals surface area contributed by atoms with Gasteiger partial charge in [-0.05, 0) is 90.0 Å². The topological polar surface area (TPSA) is 72.3 Å². The number of rotatable bonds is 6. The van der Waals surface area contributed by atoms with Crippen molar-refractivity contribution in [2.24, 2.45) is 0 Å². The summed E-state index contributed by atoms with van der Waals surface area (Å²) in [6.45, 7) is 0. The zero-order valence-corrected chi connectivity index (χ0v) is 35.5. The first-order valence-corrected chi connectivity index (χ1v) is 22.4. The molecule has 65 heavy (non-hydrogen) atoms. The number of para-hydroxylation sites is 3. The maximum Gasteiger partial charge on any atom is 0.164 e. The molecular weight excluding hydrogens is 813 g/mol. The van der Waals surface area contributed by atoms with Crippen molar-refractivity contribution >= 4 is 75.1 Å². The van der Waals surface area contributed by atoms with E-state index < -0.39 is 0 Å². The molecule has 0 saturated carbocycles. The van der Waals surface area contributed by atoms with Crippen molar-refractivity contribution in [3.05, 3.63) is 212 Å². The van der Waals surface area contributed by atoms with Crippen molar-refractivity contribution in [3.8, 4) is 62.7 Å². The van der Waals surface area contributed by atoms with Gasteiger partial charge in [0.25, 0.3) is 0 Å². The molecule has 0 saturated heterocycles. The molecule has 0 N–H and O–H groups in total. The molecule has 0 aliphatic rings. The Labute approximate surface area is 377 Å². The van der Waals surface area contributed by atoms with Crippen LogP contribution < -0.4 is 0 Å². The first kappa shape index (κ1) is 36.9. The van der Waals surface area contributed by atoms with Crippen molar-refractivity contribution in [2.45, 2.75) is 0 Å². The highest BCUT2D eigenvalue weighted by Crippen LogP contribution is 2.43. The van der Waals surface area contributed by atoms with Crippen LogP contribution in [0.3, 0.4) is 0 Å². The third-order valence-electron chi connectivity index (χ3n) is 12.6. The van der Waals surface area contributed by atoms with Crippen molar-refractivity contribution in [1.82, 2.24) is 24.1 Å². The standard InChI is InChI=1S/C58H34N6S/c59-35-41-33-39(26-29-48(41)64-49-23-10-7-20-43(49)45-28-30-51-54(55(45)64)46-22-8-11-24-50(46)63(51)42-18-5-2-6-19-42)57-60-56(38-17-13-16-37(32-38)36-14-3-1-4-15-36)61-58(62-57)40-27-31-53-47(34-40)44-21-9-12-25-52(44)65-53/h1-34H. The highest BCUT2D eigenvalue weighted by Gasteiger charge is 2.23. The Hall–Kier alpha value is -8.70. The number of benzene rings is 9. The van der Waals surface area contributed by atoms with E-state index in [0.717, 1.165) is 82.8 Å². The zero-order valence-electron chi connectivity index (χ0n) is 34.7. The number of nitrogens with zero attached hydrogens (tertiary/aromatic N) is 6. The van der Waals surface area contributed by atoms with Crippen LogP contribution in [0.4, 0.5) is 0 Å². The van der Waals surface area contributed by atoms with E-state index in [9.17, 15) is 5.26 Å². The fraction of sp³-hybridized carbons (Fsp3) is 0. The molecule has 0 aliphatic heterocycles. The van der Waals surface area contributed by atoms with E-state index in [1.165, 1.54) is 20.2 Å². The summed E-state index contributed by atoms with van der Waals surface area (Å²) in [6, 6.07) is 74.3. The number of aromatic nitrogens is 5. The van der Waals surface area contributed by atoms with E-state index in [2.05, 4.69) is 173 Å². The molecule has 0 atom stereocenters. The molecule has 4 aromatic heterocycles. The van der Waals surface area contributed by atoms with Crippen molar-refractivity contribution in [2.75, 3.05) is 0 Å². The van der Waals surface area contributed by atoms with Crippen LogP contribution in [0.25, 0.3) is 120 Å². The summed E-state index contributed by atoms with van der Waals surface area (Å²) in [6.07, 6.45) is 0. The molecule has 4 heterocycles. The number of nitriles is 1. The minimum Gasteiger partial charge on any atom is -0.309 e. The lowest BCUT2D eigenvalue weighted by Gasteiger charge is -2.13. The minimum atomic E-state index is 0.490. The monoisotopic (exact) mass is 846 g/mol. The van der Waals surface area contributed by atoms with E-state index in [4.69, 9.17) is 15.0 Å². The molecule has 6 nitrogen and oxygen atoms in total. The molecule has 13 aromatic rings. The molecule has 0 fully saturated rings. The van der Waals surface area contributed by atoms with Gasteiger partial charge in [-0.15, -0.1) is 11.3 Å². The molecule has 302 valence electrons. The third kappa shape index (κ3) is 5.89. The van der Waals surface area contributed by atoms with Crippen LogP contribution in [0.5, 0.6) is 0 Å². The second-order valence-corrected chi connectivity index (χ2v) is 17.4. The van der Waals surface area contributed by atoms with E-state index in [1.807, 2.05) is 48.5 Å². The molecule has 0 aliphatic carbocycles. The van der Waals surface area contributed by atoms with E-state index in [0.29, 0.717) is 23.0 Å². The molecule has 13 rings (SSSR count). The second kappa shape index (κ2) is 14.7. The highest BCUT2D eigenvalue weighted by atomic mass is 32.1.